The van der Waals surface area contributed by atoms with Crippen molar-refractivity contribution in [1.29, 1.82) is 0 Å². The molecule has 1 atom stereocenters. The largest absolute Gasteiger partial charge is 0.352 e. The third kappa shape index (κ3) is 5.25. The van der Waals surface area contributed by atoms with Crippen molar-refractivity contribution in [3.8, 4) is 0 Å². The Morgan fingerprint density at radius 1 is 0.870 bits per heavy atom. The predicted molar refractivity (Wildman–Crippen MR) is 91.1 cm³/mol. The normalized spacial score (nSPS) is 11.8. The summed E-state index contributed by atoms with van der Waals surface area (Å²) in [6.45, 7) is 3.80. The molecule has 4 heteroatoms. The van der Waals surface area contributed by atoms with Crippen molar-refractivity contribution in [2.24, 2.45) is 0 Å². The van der Waals surface area contributed by atoms with Crippen LogP contribution in [-0.2, 0) is 11.2 Å². The van der Waals surface area contributed by atoms with Gasteiger partial charge in [-0.05, 0) is 31.5 Å². The van der Waals surface area contributed by atoms with Gasteiger partial charge in [0.1, 0.15) is 6.04 Å². The quantitative estimate of drug-likeness (QED) is 0.861. The van der Waals surface area contributed by atoms with E-state index in [1.165, 1.54) is 0 Å². The maximum Gasteiger partial charge on any atom is 0.251 e. The summed E-state index contributed by atoms with van der Waals surface area (Å²) in [5.74, 6) is -0.418. The van der Waals surface area contributed by atoms with Crippen LogP contribution in [0.3, 0.4) is 0 Å². The van der Waals surface area contributed by atoms with Crippen LogP contribution in [0.4, 0.5) is 0 Å². The zero-order valence-corrected chi connectivity index (χ0v) is 13.5. The summed E-state index contributed by atoms with van der Waals surface area (Å²) in [7, 11) is 0. The molecule has 2 rings (SSSR count). The highest BCUT2D eigenvalue weighted by Gasteiger charge is 2.22. The molecular formula is C19H22N2O2. The standard InChI is InChI=1S/C19H22N2O2/c1-14(2)20-19(23)17(13-15-9-5-3-6-10-15)21-18(22)16-11-7-4-8-12-16/h3-12,14,17H,13H2,1-2H3,(H,20,23)(H,21,22). The molecule has 0 fully saturated rings. The van der Waals surface area contributed by atoms with Gasteiger partial charge in [-0.25, -0.2) is 0 Å². The fraction of sp³-hybridized carbons (Fsp3) is 0.263. The van der Waals surface area contributed by atoms with Crippen LogP contribution in [0.2, 0.25) is 0 Å². The lowest BCUT2D eigenvalue weighted by molar-refractivity contribution is -0.123. The third-order valence-corrected chi connectivity index (χ3v) is 3.37. The van der Waals surface area contributed by atoms with E-state index < -0.39 is 6.04 Å². The predicted octanol–water partition coefficient (Wildman–Crippen LogP) is 2.55. The molecule has 0 aliphatic heterocycles. The summed E-state index contributed by atoms with van der Waals surface area (Å²) < 4.78 is 0. The number of benzene rings is 2. The zero-order chi connectivity index (χ0) is 16.7. The molecule has 2 aromatic rings. The molecule has 0 radical (unpaired) electrons. The maximum atomic E-state index is 12.4. The monoisotopic (exact) mass is 310 g/mol. The molecule has 0 aliphatic carbocycles. The first kappa shape index (κ1) is 16.7. The maximum absolute atomic E-state index is 12.4. The molecule has 0 saturated heterocycles. The first-order chi connectivity index (χ1) is 11.1. The van der Waals surface area contributed by atoms with Crippen molar-refractivity contribution in [3.05, 3.63) is 71.8 Å². The Kier molecular flexibility index (Phi) is 5.92. The number of nitrogens with one attached hydrogen (secondary N) is 2. The van der Waals surface area contributed by atoms with E-state index in [4.69, 9.17) is 0 Å². The van der Waals surface area contributed by atoms with Crippen LogP contribution >= 0.6 is 0 Å². The van der Waals surface area contributed by atoms with Crippen molar-refractivity contribution in [2.75, 3.05) is 0 Å². The van der Waals surface area contributed by atoms with Crippen molar-refractivity contribution in [2.45, 2.75) is 32.4 Å². The fourth-order valence-electron chi connectivity index (χ4n) is 2.28. The van der Waals surface area contributed by atoms with Gasteiger partial charge in [-0.1, -0.05) is 48.5 Å². The van der Waals surface area contributed by atoms with E-state index in [0.29, 0.717) is 12.0 Å². The molecule has 23 heavy (non-hydrogen) atoms. The lowest BCUT2D eigenvalue weighted by atomic mass is 10.0. The highest BCUT2D eigenvalue weighted by Crippen LogP contribution is 2.06. The Morgan fingerprint density at radius 3 is 2.00 bits per heavy atom. The summed E-state index contributed by atoms with van der Waals surface area (Å²) in [6, 6.07) is 18.0. The Morgan fingerprint density at radius 2 is 1.43 bits per heavy atom. The molecule has 0 heterocycles. The Hall–Kier alpha value is -2.62. The zero-order valence-electron chi connectivity index (χ0n) is 13.5. The summed E-state index contributed by atoms with van der Waals surface area (Å²) in [5.41, 5.74) is 1.55. The smallest absolute Gasteiger partial charge is 0.251 e. The van der Waals surface area contributed by atoms with Crippen molar-refractivity contribution >= 4 is 11.8 Å². The van der Waals surface area contributed by atoms with Gasteiger partial charge < -0.3 is 10.6 Å². The average molecular weight is 310 g/mol. The summed E-state index contributed by atoms with van der Waals surface area (Å²) in [4.78, 5) is 24.7. The Bertz CT molecular complexity index is 639. The molecular weight excluding hydrogens is 288 g/mol. The fourth-order valence-corrected chi connectivity index (χ4v) is 2.28. The van der Waals surface area contributed by atoms with Crippen LogP contribution < -0.4 is 10.6 Å². The Balaban J connectivity index is 2.12. The van der Waals surface area contributed by atoms with Gasteiger partial charge in [-0.2, -0.15) is 0 Å². The van der Waals surface area contributed by atoms with Crippen molar-refractivity contribution < 1.29 is 9.59 Å². The molecule has 0 bridgehead atoms. The third-order valence-electron chi connectivity index (χ3n) is 3.37. The van der Waals surface area contributed by atoms with Crippen LogP contribution in [0, 0.1) is 0 Å². The van der Waals surface area contributed by atoms with Gasteiger partial charge >= 0.3 is 0 Å². The Labute approximate surface area is 136 Å². The minimum atomic E-state index is -0.604. The van der Waals surface area contributed by atoms with E-state index in [1.807, 2.05) is 50.2 Å². The van der Waals surface area contributed by atoms with Gasteiger partial charge in [0.2, 0.25) is 5.91 Å². The topological polar surface area (TPSA) is 58.2 Å². The lowest BCUT2D eigenvalue weighted by Gasteiger charge is -2.20. The van der Waals surface area contributed by atoms with E-state index in [-0.39, 0.29) is 17.9 Å². The first-order valence-electron chi connectivity index (χ1n) is 7.76. The van der Waals surface area contributed by atoms with Crippen LogP contribution in [-0.4, -0.2) is 23.9 Å². The van der Waals surface area contributed by atoms with E-state index in [9.17, 15) is 9.59 Å². The minimum absolute atomic E-state index is 0.0226. The summed E-state index contributed by atoms with van der Waals surface area (Å²) in [6.07, 6.45) is 0.456. The van der Waals surface area contributed by atoms with Crippen LogP contribution in [0.25, 0.3) is 0 Å². The molecule has 4 nitrogen and oxygen atoms in total. The molecule has 0 aliphatic rings. The summed E-state index contributed by atoms with van der Waals surface area (Å²) in [5, 5.41) is 5.70. The number of hydrogen-bond acceptors (Lipinski definition) is 2. The highest BCUT2D eigenvalue weighted by atomic mass is 16.2. The van der Waals surface area contributed by atoms with Crippen LogP contribution in [0.1, 0.15) is 29.8 Å². The molecule has 2 amide bonds. The average Bonchev–Trinajstić information content (AvgIpc) is 2.55. The van der Waals surface area contributed by atoms with Gasteiger partial charge in [0.15, 0.2) is 0 Å². The minimum Gasteiger partial charge on any atom is -0.352 e. The van der Waals surface area contributed by atoms with Gasteiger partial charge in [-0.15, -0.1) is 0 Å². The van der Waals surface area contributed by atoms with Gasteiger partial charge in [0.25, 0.3) is 5.91 Å². The van der Waals surface area contributed by atoms with Crippen molar-refractivity contribution in [3.63, 3.8) is 0 Å². The molecule has 2 N–H and O–H groups in total. The van der Waals surface area contributed by atoms with Gasteiger partial charge in [0.05, 0.1) is 0 Å². The molecule has 1 unspecified atom stereocenters. The number of carbonyl (C=O) groups is 2. The number of amides is 2. The number of rotatable bonds is 6. The second kappa shape index (κ2) is 8.13. The first-order valence-corrected chi connectivity index (χ1v) is 7.76. The molecule has 2 aromatic carbocycles. The number of carbonyl (C=O) groups excluding carboxylic acids is 2. The SMILES string of the molecule is CC(C)NC(=O)C(Cc1ccccc1)NC(=O)c1ccccc1. The van der Waals surface area contributed by atoms with E-state index in [0.717, 1.165) is 5.56 Å². The number of hydrogen-bond donors (Lipinski definition) is 2. The highest BCUT2D eigenvalue weighted by molar-refractivity contribution is 5.97. The van der Waals surface area contributed by atoms with Gasteiger partial charge in [0, 0.05) is 18.0 Å². The van der Waals surface area contributed by atoms with E-state index >= 15 is 0 Å². The van der Waals surface area contributed by atoms with Crippen molar-refractivity contribution in [1.82, 2.24) is 10.6 Å². The summed E-state index contributed by atoms with van der Waals surface area (Å²) >= 11 is 0. The van der Waals surface area contributed by atoms with Crippen LogP contribution in [0.15, 0.2) is 60.7 Å². The molecule has 0 spiro atoms. The second-order valence-electron chi connectivity index (χ2n) is 5.75. The van der Waals surface area contributed by atoms with E-state index in [1.54, 1.807) is 24.3 Å². The second-order valence-corrected chi connectivity index (χ2v) is 5.75. The van der Waals surface area contributed by atoms with E-state index in [2.05, 4.69) is 10.6 Å². The molecule has 0 aromatic heterocycles. The lowest BCUT2D eigenvalue weighted by Crippen LogP contribution is -2.49. The molecule has 120 valence electrons. The molecule has 0 saturated carbocycles. The van der Waals surface area contributed by atoms with Gasteiger partial charge in [-0.3, -0.25) is 9.59 Å². The van der Waals surface area contributed by atoms with Crippen LogP contribution in [0.5, 0.6) is 0 Å².